The molecule has 0 aliphatic carbocycles. The molecule has 0 amide bonds. The second kappa shape index (κ2) is 4.58. The van der Waals surface area contributed by atoms with Gasteiger partial charge in [-0.3, -0.25) is 0 Å². The molecule has 0 radical (unpaired) electrons. The number of nitrogens with zero attached hydrogens (tertiary/aromatic N) is 1. The Labute approximate surface area is 98.7 Å². The molecule has 4 heteroatoms. The van der Waals surface area contributed by atoms with Crippen molar-refractivity contribution in [2.45, 2.75) is 6.54 Å². The lowest BCUT2D eigenvalue weighted by Gasteiger charge is -2.07. The Hall–Kier alpha value is -1.48. The van der Waals surface area contributed by atoms with Gasteiger partial charge in [-0.2, -0.15) is 0 Å². The minimum absolute atomic E-state index is 0.292. The molecule has 1 aromatic heterocycles. The Bertz CT molecular complexity index is 494. The van der Waals surface area contributed by atoms with Gasteiger partial charge >= 0.3 is 0 Å². The number of rotatable bonds is 3. The molecular formula is C12H12ClFN2. The molecule has 0 aliphatic heterocycles. The van der Waals surface area contributed by atoms with E-state index >= 15 is 0 Å². The summed E-state index contributed by atoms with van der Waals surface area (Å²) in [6.45, 7) is 0.629. The number of anilines is 1. The van der Waals surface area contributed by atoms with Crippen LogP contribution in [0.2, 0.25) is 5.02 Å². The molecule has 0 aliphatic rings. The lowest BCUT2D eigenvalue weighted by atomic mass is 10.3. The SMILES string of the molecule is Cn1ccc(CNc2cc(F)ccc2Cl)c1. The monoisotopic (exact) mass is 238 g/mol. The van der Waals surface area contributed by atoms with Gasteiger partial charge in [0.2, 0.25) is 0 Å². The van der Waals surface area contributed by atoms with Crippen LogP contribution < -0.4 is 5.32 Å². The highest BCUT2D eigenvalue weighted by atomic mass is 35.5. The third-order valence-electron chi connectivity index (χ3n) is 2.30. The molecule has 0 atom stereocenters. The van der Waals surface area contributed by atoms with E-state index < -0.39 is 0 Å². The van der Waals surface area contributed by atoms with E-state index in [-0.39, 0.29) is 5.82 Å². The van der Waals surface area contributed by atoms with Crippen molar-refractivity contribution >= 4 is 17.3 Å². The first kappa shape index (κ1) is 11.0. The zero-order valence-corrected chi connectivity index (χ0v) is 9.63. The number of benzene rings is 1. The van der Waals surface area contributed by atoms with Gasteiger partial charge in [0.25, 0.3) is 0 Å². The second-order valence-corrected chi connectivity index (χ2v) is 4.07. The second-order valence-electron chi connectivity index (χ2n) is 3.66. The van der Waals surface area contributed by atoms with E-state index in [1.807, 2.05) is 30.1 Å². The molecule has 84 valence electrons. The van der Waals surface area contributed by atoms with Gasteiger partial charge in [-0.25, -0.2) is 4.39 Å². The molecule has 0 saturated heterocycles. The van der Waals surface area contributed by atoms with Gasteiger partial charge in [0.15, 0.2) is 0 Å². The summed E-state index contributed by atoms with van der Waals surface area (Å²) in [4.78, 5) is 0. The van der Waals surface area contributed by atoms with Crippen molar-refractivity contribution in [3.05, 3.63) is 53.1 Å². The largest absolute Gasteiger partial charge is 0.380 e. The van der Waals surface area contributed by atoms with Gasteiger partial charge in [-0.1, -0.05) is 11.6 Å². The topological polar surface area (TPSA) is 17.0 Å². The number of nitrogens with one attached hydrogen (secondary N) is 1. The van der Waals surface area contributed by atoms with Crippen molar-refractivity contribution < 1.29 is 4.39 Å². The van der Waals surface area contributed by atoms with E-state index in [0.717, 1.165) is 5.56 Å². The molecule has 1 heterocycles. The fraction of sp³-hybridized carbons (Fsp3) is 0.167. The first-order chi connectivity index (χ1) is 7.65. The van der Waals surface area contributed by atoms with Crippen LogP contribution >= 0.6 is 11.6 Å². The zero-order chi connectivity index (χ0) is 11.5. The summed E-state index contributed by atoms with van der Waals surface area (Å²) in [5.74, 6) is -0.292. The molecule has 2 aromatic rings. The van der Waals surface area contributed by atoms with Crippen molar-refractivity contribution in [3.63, 3.8) is 0 Å². The van der Waals surface area contributed by atoms with Gasteiger partial charge in [0.1, 0.15) is 5.82 Å². The molecule has 16 heavy (non-hydrogen) atoms. The van der Waals surface area contributed by atoms with Crippen LogP contribution in [0.5, 0.6) is 0 Å². The van der Waals surface area contributed by atoms with Crippen LogP contribution in [-0.4, -0.2) is 4.57 Å². The number of aromatic nitrogens is 1. The van der Waals surface area contributed by atoms with E-state index in [1.54, 1.807) is 6.07 Å². The molecule has 0 bridgehead atoms. The summed E-state index contributed by atoms with van der Waals surface area (Å²) < 4.78 is 14.9. The van der Waals surface area contributed by atoms with Gasteiger partial charge in [-0.15, -0.1) is 0 Å². The first-order valence-electron chi connectivity index (χ1n) is 4.95. The van der Waals surface area contributed by atoms with Crippen molar-refractivity contribution in [1.82, 2.24) is 4.57 Å². The van der Waals surface area contributed by atoms with Crippen LogP contribution in [-0.2, 0) is 13.6 Å². The van der Waals surface area contributed by atoms with E-state index in [2.05, 4.69) is 5.32 Å². The van der Waals surface area contributed by atoms with Gasteiger partial charge in [0, 0.05) is 26.0 Å². The van der Waals surface area contributed by atoms with E-state index in [1.165, 1.54) is 12.1 Å². The van der Waals surface area contributed by atoms with Crippen LogP contribution in [0.1, 0.15) is 5.56 Å². The summed E-state index contributed by atoms with van der Waals surface area (Å²) in [5.41, 5.74) is 1.74. The lowest BCUT2D eigenvalue weighted by molar-refractivity contribution is 0.628. The van der Waals surface area contributed by atoms with Crippen LogP contribution in [0.15, 0.2) is 36.7 Å². The molecule has 1 aromatic carbocycles. The number of hydrogen-bond acceptors (Lipinski definition) is 1. The summed E-state index contributed by atoms with van der Waals surface area (Å²) in [5, 5.41) is 3.62. The highest BCUT2D eigenvalue weighted by molar-refractivity contribution is 6.33. The van der Waals surface area contributed by atoms with E-state index in [4.69, 9.17) is 11.6 Å². The Balaban J connectivity index is 2.07. The normalized spacial score (nSPS) is 10.4. The fourth-order valence-electron chi connectivity index (χ4n) is 1.50. The zero-order valence-electron chi connectivity index (χ0n) is 8.87. The molecule has 2 nitrogen and oxygen atoms in total. The van der Waals surface area contributed by atoms with Crippen molar-refractivity contribution in [2.75, 3.05) is 5.32 Å². The molecule has 1 N–H and O–H groups in total. The average molecular weight is 239 g/mol. The molecule has 0 fully saturated rings. The van der Waals surface area contributed by atoms with Gasteiger partial charge < -0.3 is 9.88 Å². The molecule has 0 spiro atoms. The quantitative estimate of drug-likeness (QED) is 0.867. The average Bonchev–Trinajstić information content (AvgIpc) is 2.66. The summed E-state index contributed by atoms with van der Waals surface area (Å²) in [6.07, 6.45) is 3.96. The maximum atomic E-state index is 13.0. The summed E-state index contributed by atoms with van der Waals surface area (Å²) in [7, 11) is 1.96. The van der Waals surface area contributed by atoms with Gasteiger partial charge in [0.05, 0.1) is 10.7 Å². The minimum Gasteiger partial charge on any atom is -0.380 e. The maximum Gasteiger partial charge on any atom is 0.125 e. The van der Waals surface area contributed by atoms with Crippen molar-refractivity contribution in [3.8, 4) is 0 Å². The Morgan fingerprint density at radius 3 is 2.88 bits per heavy atom. The first-order valence-corrected chi connectivity index (χ1v) is 5.33. The van der Waals surface area contributed by atoms with Crippen LogP contribution in [0.4, 0.5) is 10.1 Å². The minimum atomic E-state index is -0.292. The Morgan fingerprint density at radius 1 is 1.38 bits per heavy atom. The smallest absolute Gasteiger partial charge is 0.125 e. The standard InChI is InChI=1S/C12H12ClFN2/c1-16-5-4-9(8-16)7-15-12-6-10(14)2-3-11(12)13/h2-6,8,15H,7H2,1H3. The summed E-state index contributed by atoms with van der Waals surface area (Å²) >= 11 is 5.93. The Kier molecular flexibility index (Phi) is 3.15. The van der Waals surface area contributed by atoms with Crippen LogP contribution in [0, 0.1) is 5.82 Å². The number of hydrogen-bond donors (Lipinski definition) is 1. The lowest BCUT2D eigenvalue weighted by Crippen LogP contribution is -1.99. The molecule has 2 rings (SSSR count). The molecule has 0 saturated carbocycles. The van der Waals surface area contributed by atoms with Gasteiger partial charge in [-0.05, 0) is 29.8 Å². The van der Waals surface area contributed by atoms with Crippen LogP contribution in [0.25, 0.3) is 0 Å². The predicted octanol–water partition coefficient (Wildman–Crippen LogP) is 3.43. The third-order valence-corrected chi connectivity index (χ3v) is 2.63. The highest BCUT2D eigenvalue weighted by Gasteiger charge is 2.02. The maximum absolute atomic E-state index is 13.0. The number of aryl methyl sites for hydroxylation is 1. The molecular weight excluding hydrogens is 227 g/mol. The van der Waals surface area contributed by atoms with E-state index in [0.29, 0.717) is 17.3 Å². The highest BCUT2D eigenvalue weighted by Crippen LogP contribution is 2.22. The van der Waals surface area contributed by atoms with Crippen LogP contribution in [0.3, 0.4) is 0 Å². The molecule has 0 unspecified atom stereocenters. The summed E-state index contributed by atoms with van der Waals surface area (Å²) in [6, 6.07) is 6.28. The number of halogens is 2. The third kappa shape index (κ3) is 2.55. The van der Waals surface area contributed by atoms with Crippen molar-refractivity contribution in [1.29, 1.82) is 0 Å². The van der Waals surface area contributed by atoms with E-state index in [9.17, 15) is 4.39 Å². The Morgan fingerprint density at radius 2 is 2.19 bits per heavy atom. The van der Waals surface area contributed by atoms with Crippen molar-refractivity contribution in [2.24, 2.45) is 7.05 Å². The fourth-order valence-corrected chi connectivity index (χ4v) is 1.68. The predicted molar refractivity (Wildman–Crippen MR) is 64.1 cm³/mol.